The minimum absolute atomic E-state index is 0.181. The number of aromatic nitrogens is 2. The molecule has 112 valence electrons. The molecule has 0 radical (unpaired) electrons. The SMILES string of the molecule is CC(C)Cc1noc2nc(-c3ccccc3)cc(C(=O)O)c12. The van der Waals surface area contributed by atoms with Crippen molar-refractivity contribution in [2.24, 2.45) is 5.92 Å². The lowest BCUT2D eigenvalue weighted by Gasteiger charge is -2.05. The first-order valence-electron chi connectivity index (χ1n) is 7.14. The zero-order chi connectivity index (χ0) is 15.7. The first kappa shape index (κ1) is 14.3. The van der Waals surface area contributed by atoms with E-state index >= 15 is 0 Å². The maximum absolute atomic E-state index is 11.6. The second-order valence-electron chi connectivity index (χ2n) is 5.63. The summed E-state index contributed by atoms with van der Waals surface area (Å²) in [5.41, 5.74) is 2.51. The van der Waals surface area contributed by atoms with Crippen molar-refractivity contribution in [1.29, 1.82) is 0 Å². The molecule has 0 saturated carbocycles. The largest absolute Gasteiger partial charge is 0.478 e. The average molecular weight is 296 g/mol. The third-order valence-corrected chi connectivity index (χ3v) is 3.42. The number of hydrogen-bond acceptors (Lipinski definition) is 4. The Kier molecular flexibility index (Phi) is 3.63. The van der Waals surface area contributed by atoms with Gasteiger partial charge in [-0.3, -0.25) is 0 Å². The highest BCUT2D eigenvalue weighted by atomic mass is 16.5. The number of nitrogens with zero attached hydrogens (tertiary/aromatic N) is 2. The summed E-state index contributed by atoms with van der Waals surface area (Å²) < 4.78 is 5.28. The van der Waals surface area contributed by atoms with E-state index in [4.69, 9.17) is 4.52 Å². The molecule has 5 nitrogen and oxygen atoms in total. The van der Waals surface area contributed by atoms with Crippen LogP contribution in [0.1, 0.15) is 29.9 Å². The molecule has 2 aromatic heterocycles. The van der Waals surface area contributed by atoms with Gasteiger partial charge in [0, 0.05) is 5.56 Å². The van der Waals surface area contributed by atoms with Crippen molar-refractivity contribution in [3.05, 3.63) is 47.7 Å². The van der Waals surface area contributed by atoms with Crippen LogP contribution in [0.2, 0.25) is 0 Å². The molecule has 5 heteroatoms. The Labute approximate surface area is 127 Å². The fourth-order valence-electron chi connectivity index (χ4n) is 2.46. The molecule has 0 aliphatic rings. The fraction of sp³-hybridized carbons (Fsp3) is 0.235. The molecule has 0 aliphatic carbocycles. The van der Waals surface area contributed by atoms with Crippen molar-refractivity contribution in [2.45, 2.75) is 20.3 Å². The lowest BCUT2D eigenvalue weighted by Crippen LogP contribution is -2.02. The van der Waals surface area contributed by atoms with Crippen LogP contribution in [0.3, 0.4) is 0 Å². The van der Waals surface area contributed by atoms with E-state index in [1.807, 2.05) is 44.2 Å². The molecule has 2 heterocycles. The van der Waals surface area contributed by atoms with Crippen LogP contribution in [0.5, 0.6) is 0 Å². The van der Waals surface area contributed by atoms with Crippen molar-refractivity contribution in [1.82, 2.24) is 10.1 Å². The lowest BCUT2D eigenvalue weighted by molar-refractivity contribution is 0.0699. The summed E-state index contributed by atoms with van der Waals surface area (Å²) in [6.45, 7) is 4.10. The third-order valence-electron chi connectivity index (χ3n) is 3.42. The summed E-state index contributed by atoms with van der Waals surface area (Å²) in [7, 11) is 0. The van der Waals surface area contributed by atoms with Gasteiger partial charge in [0.1, 0.15) is 0 Å². The van der Waals surface area contributed by atoms with Crippen LogP contribution in [0, 0.1) is 5.92 Å². The Morgan fingerprint density at radius 1 is 1.27 bits per heavy atom. The molecule has 0 aliphatic heterocycles. The van der Waals surface area contributed by atoms with Gasteiger partial charge in [-0.2, -0.15) is 0 Å². The summed E-state index contributed by atoms with van der Waals surface area (Å²) in [5, 5.41) is 14.0. The normalized spacial score (nSPS) is 11.2. The zero-order valence-electron chi connectivity index (χ0n) is 12.4. The Balaban J connectivity index is 2.22. The molecular weight excluding hydrogens is 280 g/mol. The van der Waals surface area contributed by atoms with Crippen LogP contribution in [-0.4, -0.2) is 21.2 Å². The molecule has 22 heavy (non-hydrogen) atoms. The second kappa shape index (κ2) is 5.60. The standard InChI is InChI=1S/C17H16N2O3/c1-10(2)8-14-15-12(17(20)21)9-13(18-16(15)22-19-14)11-6-4-3-5-7-11/h3-7,9-10H,8H2,1-2H3,(H,20,21). The van der Waals surface area contributed by atoms with E-state index < -0.39 is 5.97 Å². The molecule has 1 N–H and O–H groups in total. The van der Waals surface area contributed by atoms with Crippen molar-refractivity contribution in [3.8, 4) is 11.3 Å². The van der Waals surface area contributed by atoms with Crippen LogP contribution in [0.4, 0.5) is 0 Å². The number of fused-ring (bicyclic) bond motifs is 1. The van der Waals surface area contributed by atoms with Crippen molar-refractivity contribution in [2.75, 3.05) is 0 Å². The zero-order valence-corrected chi connectivity index (χ0v) is 12.4. The Bertz CT molecular complexity index is 823. The first-order chi connectivity index (χ1) is 10.6. The maximum atomic E-state index is 11.6. The van der Waals surface area contributed by atoms with Gasteiger partial charge in [-0.1, -0.05) is 49.3 Å². The maximum Gasteiger partial charge on any atom is 0.336 e. The summed E-state index contributed by atoms with van der Waals surface area (Å²) in [5.74, 6) is -0.651. The number of carbonyl (C=O) groups is 1. The molecule has 3 rings (SSSR count). The summed E-state index contributed by atoms with van der Waals surface area (Å²) in [6.07, 6.45) is 0.652. The molecule has 1 aromatic carbocycles. The fourth-order valence-corrected chi connectivity index (χ4v) is 2.46. The van der Waals surface area contributed by atoms with E-state index in [1.54, 1.807) is 6.07 Å². The number of hydrogen-bond donors (Lipinski definition) is 1. The van der Waals surface area contributed by atoms with Gasteiger partial charge >= 0.3 is 5.97 Å². The summed E-state index contributed by atoms with van der Waals surface area (Å²) in [6, 6.07) is 11.0. The highest BCUT2D eigenvalue weighted by Crippen LogP contribution is 2.28. The third kappa shape index (κ3) is 2.57. The van der Waals surface area contributed by atoms with Crippen LogP contribution < -0.4 is 0 Å². The van der Waals surface area contributed by atoms with Gasteiger partial charge in [-0.25, -0.2) is 9.78 Å². The molecular formula is C17H16N2O3. The molecule has 0 unspecified atom stereocenters. The predicted octanol–water partition coefficient (Wildman–Crippen LogP) is 3.79. The lowest BCUT2D eigenvalue weighted by atomic mass is 10.0. The van der Waals surface area contributed by atoms with Crippen molar-refractivity contribution in [3.63, 3.8) is 0 Å². The van der Waals surface area contributed by atoms with Gasteiger partial charge in [0.25, 0.3) is 5.71 Å². The van der Waals surface area contributed by atoms with Crippen LogP contribution >= 0.6 is 0 Å². The number of carboxylic acids is 1. The van der Waals surface area contributed by atoms with E-state index in [9.17, 15) is 9.90 Å². The molecule has 0 bridgehead atoms. The van der Waals surface area contributed by atoms with Gasteiger partial charge in [0.05, 0.1) is 22.3 Å². The predicted molar refractivity (Wildman–Crippen MR) is 82.7 cm³/mol. The minimum Gasteiger partial charge on any atom is -0.478 e. The van der Waals surface area contributed by atoms with Gasteiger partial charge < -0.3 is 9.63 Å². The second-order valence-corrected chi connectivity index (χ2v) is 5.63. The number of pyridine rings is 1. The van der Waals surface area contributed by atoms with Crippen LogP contribution in [0.25, 0.3) is 22.4 Å². The monoisotopic (exact) mass is 296 g/mol. The van der Waals surface area contributed by atoms with E-state index in [1.165, 1.54) is 0 Å². The highest BCUT2D eigenvalue weighted by Gasteiger charge is 2.20. The van der Waals surface area contributed by atoms with Gasteiger partial charge in [-0.05, 0) is 18.4 Å². The number of aromatic carboxylic acids is 1. The molecule has 0 atom stereocenters. The van der Waals surface area contributed by atoms with Gasteiger partial charge in [0.2, 0.25) is 0 Å². The smallest absolute Gasteiger partial charge is 0.336 e. The Morgan fingerprint density at radius 2 is 2.00 bits per heavy atom. The molecule has 3 aromatic rings. The first-order valence-corrected chi connectivity index (χ1v) is 7.14. The van der Waals surface area contributed by atoms with Gasteiger partial charge in [-0.15, -0.1) is 0 Å². The molecule has 0 fully saturated rings. The number of benzene rings is 1. The Hall–Kier alpha value is -2.69. The van der Waals surface area contributed by atoms with Crippen molar-refractivity contribution >= 4 is 17.1 Å². The Morgan fingerprint density at radius 3 is 2.64 bits per heavy atom. The molecule has 0 spiro atoms. The topological polar surface area (TPSA) is 76.2 Å². The molecule has 0 amide bonds. The van der Waals surface area contributed by atoms with E-state index in [-0.39, 0.29) is 11.3 Å². The van der Waals surface area contributed by atoms with Crippen molar-refractivity contribution < 1.29 is 14.4 Å². The average Bonchev–Trinajstić information content (AvgIpc) is 2.89. The van der Waals surface area contributed by atoms with Crippen LogP contribution in [-0.2, 0) is 6.42 Å². The highest BCUT2D eigenvalue weighted by molar-refractivity contribution is 6.03. The van der Waals surface area contributed by atoms with Gasteiger partial charge in [0.15, 0.2) is 0 Å². The minimum atomic E-state index is -1.00. The summed E-state index contributed by atoms with van der Waals surface area (Å²) in [4.78, 5) is 16.1. The van der Waals surface area contributed by atoms with Crippen LogP contribution in [0.15, 0.2) is 40.9 Å². The molecule has 0 saturated heterocycles. The number of carboxylic acid groups (broad SMARTS) is 1. The summed E-state index contributed by atoms with van der Waals surface area (Å²) >= 11 is 0. The quantitative estimate of drug-likeness (QED) is 0.792. The van der Waals surface area contributed by atoms with E-state index in [0.717, 1.165) is 5.56 Å². The number of rotatable bonds is 4. The van der Waals surface area contributed by atoms with E-state index in [0.29, 0.717) is 29.1 Å². The van der Waals surface area contributed by atoms with E-state index in [2.05, 4.69) is 10.1 Å².